The number of sulfonamides is 1. The summed E-state index contributed by atoms with van der Waals surface area (Å²) < 4.78 is 26.1. The SMILES string of the molecule is CCCN(CC)S(=O)(=O)c1ccc(C)cc1N. The van der Waals surface area contributed by atoms with Gasteiger partial charge in [0.15, 0.2) is 0 Å². The van der Waals surface area contributed by atoms with Gasteiger partial charge in [-0.3, -0.25) is 0 Å². The lowest BCUT2D eigenvalue weighted by Gasteiger charge is -2.20. The highest BCUT2D eigenvalue weighted by atomic mass is 32.2. The van der Waals surface area contributed by atoms with E-state index in [1.807, 2.05) is 20.8 Å². The molecule has 96 valence electrons. The number of benzene rings is 1. The highest BCUT2D eigenvalue weighted by Crippen LogP contribution is 2.23. The molecule has 1 rings (SSSR count). The maximum atomic E-state index is 12.3. The highest BCUT2D eigenvalue weighted by Gasteiger charge is 2.24. The molecule has 1 aromatic carbocycles. The Bertz CT molecular complexity index is 483. The van der Waals surface area contributed by atoms with Gasteiger partial charge in [-0.05, 0) is 31.0 Å². The monoisotopic (exact) mass is 256 g/mol. The summed E-state index contributed by atoms with van der Waals surface area (Å²) in [5, 5.41) is 0. The van der Waals surface area contributed by atoms with Gasteiger partial charge in [-0.25, -0.2) is 8.42 Å². The van der Waals surface area contributed by atoms with Crippen molar-refractivity contribution < 1.29 is 8.42 Å². The number of nitrogens with zero attached hydrogens (tertiary/aromatic N) is 1. The fourth-order valence-electron chi connectivity index (χ4n) is 1.74. The van der Waals surface area contributed by atoms with Crippen molar-refractivity contribution in [1.29, 1.82) is 0 Å². The Morgan fingerprint density at radius 3 is 2.41 bits per heavy atom. The largest absolute Gasteiger partial charge is 0.398 e. The van der Waals surface area contributed by atoms with Crippen LogP contribution in [-0.4, -0.2) is 25.8 Å². The molecule has 17 heavy (non-hydrogen) atoms. The third-order valence-corrected chi connectivity index (χ3v) is 4.66. The van der Waals surface area contributed by atoms with E-state index in [4.69, 9.17) is 5.73 Å². The lowest BCUT2D eigenvalue weighted by Crippen LogP contribution is -2.32. The third kappa shape index (κ3) is 2.98. The molecule has 5 heteroatoms. The van der Waals surface area contributed by atoms with Crippen molar-refractivity contribution in [2.45, 2.75) is 32.1 Å². The van der Waals surface area contributed by atoms with Gasteiger partial charge in [0, 0.05) is 13.1 Å². The van der Waals surface area contributed by atoms with Crippen LogP contribution in [0.25, 0.3) is 0 Å². The Morgan fingerprint density at radius 1 is 1.29 bits per heavy atom. The molecule has 0 spiro atoms. The van der Waals surface area contributed by atoms with Gasteiger partial charge in [0.1, 0.15) is 4.90 Å². The summed E-state index contributed by atoms with van der Waals surface area (Å²) in [4.78, 5) is 0.207. The number of anilines is 1. The summed E-state index contributed by atoms with van der Waals surface area (Å²) in [5.74, 6) is 0. The molecule has 1 aromatic rings. The molecular weight excluding hydrogens is 236 g/mol. The van der Waals surface area contributed by atoms with Crippen LogP contribution in [-0.2, 0) is 10.0 Å². The maximum Gasteiger partial charge on any atom is 0.245 e. The molecule has 0 aliphatic heterocycles. The second-order valence-corrected chi connectivity index (χ2v) is 5.94. The predicted molar refractivity (Wildman–Crippen MR) is 70.3 cm³/mol. The number of rotatable bonds is 5. The zero-order valence-electron chi connectivity index (χ0n) is 10.6. The fraction of sp³-hybridized carbons (Fsp3) is 0.500. The van der Waals surface area contributed by atoms with Crippen LogP contribution in [0.15, 0.2) is 23.1 Å². The van der Waals surface area contributed by atoms with Gasteiger partial charge in [-0.2, -0.15) is 4.31 Å². The molecule has 0 amide bonds. The Balaban J connectivity index is 3.20. The Labute approximate surface area is 103 Å². The van der Waals surface area contributed by atoms with Crippen molar-refractivity contribution in [3.05, 3.63) is 23.8 Å². The van der Waals surface area contributed by atoms with Crippen LogP contribution in [0.4, 0.5) is 5.69 Å². The second-order valence-electron chi connectivity index (χ2n) is 4.04. The van der Waals surface area contributed by atoms with Crippen molar-refractivity contribution in [3.63, 3.8) is 0 Å². The van der Waals surface area contributed by atoms with Gasteiger partial charge in [0.2, 0.25) is 10.0 Å². The van der Waals surface area contributed by atoms with E-state index in [1.54, 1.807) is 18.2 Å². The summed E-state index contributed by atoms with van der Waals surface area (Å²) in [6, 6.07) is 5.04. The predicted octanol–water partition coefficient (Wildman–Crippen LogP) is 2.00. The Morgan fingerprint density at radius 2 is 1.94 bits per heavy atom. The summed E-state index contributed by atoms with van der Waals surface area (Å²) in [6.07, 6.45) is 0.791. The molecule has 0 aromatic heterocycles. The fourth-order valence-corrected chi connectivity index (χ4v) is 3.38. The summed E-state index contributed by atoms with van der Waals surface area (Å²) in [7, 11) is -3.45. The normalized spacial score (nSPS) is 12.0. The van der Waals surface area contributed by atoms with E-state index >= 15 is 0 Å². The van der Waals surface area contributed by atoms with Crippen molar-refractivity contribution in [2.75, 3.05) is 18.8 Å². The number of nitrogen functional groups attached to an aromatic ring is 1. The van der Waals surface area contributed by atoms with Gasteiger partial charge < -0.3 is 5.73 Å². The lowest BCUT2D eigenvalue weighted by atomic mass is 10.2. The molecular formula is C12H20N2O2S. The van der Waals surface area contributed by atoms with Crippen LogP contribution >= 0.6 is 0 Å². The third-order valence-electron chi connectivity index (χ3n) is 2.61. The summed E-state index contributed by atoms with van der Waals surface area (Å²) in [6.45, 7) is 6.65. The van der Waals surface area contributed by atoms with E-state index < -0.39 is 10.0 Å². The van der Waals surface area contributed by atoms with Crippen molar-refractivity contribution in [3.8, 4) is 0 Å². The smallest absolute Gasteiger partial charge is 0.245 e. The highest BCUT2D eigenvalue weighted by molar-refractivity contribution is 7.89. The van der Waals surface area contributed by atoms with E-state index in [-0.39, 0.29) is 4.90 Å². The van der Waals surface area contributed by atoms with Crippen molar-refractivity contribution in [1.82, 2.24) is 4.31 Å². The van der Waals surface area contributed by atoms with Gasteiger partial charge in [-0.15, -0.1) is 0 Å². The average molecular weight is 256 g/mol. The van der Waals surface area contributed by atoms with Crippen LogP contribution in [0.3, 0.4) is 0 Å². The van der Waals surface area contributed by atoms with E-state index in [0.29, 0.717) is 18.8 Å². The molecule has 0 atom stereocenters. The van der Waals surface area contributed by atoms with Gasteiger partial charge in [0.05, 0.1) is 5.69 Å². The first-order chi connectivity index (χ1) is 7.93. The topological polar surface area (TPSA) is 63.4 Å². The first kappa shape index (κ1) is 14.0. The van der Waals surface area contributed by atoms with E-state index in [1.165, 1.54) is 4.31 Å². The summed E-state index contributed by atoms with van der Waals surface area (Å²) >= 11 is 0. The summed E-state index contributed by atoms with van der Waals surface area (Å²) in [5.41, 5.74) is 7.07. The minimum absolute atomic E-state index is 0.207. The minimum atomic E-state index is -3.45. The Hall–Kier alpha value is -1.07. The van der Waals surface area contributed by atoms with Crippen LogP contribution in [0.5, 0.6) is 0 Å². The zero-order chi connectivity index (χ0) is 13.1. The first-order valence-corrected chi connectivity index (χ1v) is 7.23. The van der Waals surface area contributed by atoms with Gasteiger partial charge in [-0.1, -0.05) is 19.9 Å². The van der Waals surface area contributed by atoms with Crippen molar-refractivity contribution in [2.24, 2.45) is 0 Å². The molecule has 0 heterocycles. The quantitative estimate of drug-likeness (QED) is 0.819. The zero-order valence-corrected chi connectivity index (χ0v) is 11.4. The van der Waals surface area contributed by atoms with Crippen LogP contribution in [0.2, 0.25) is 0 Å². The van der Waals surface area contributed by atoms with Crippen LogP contribution in [0.1, 0.15) is 25.8 Å². The lowest BCUT2D eigenvalue weighted by molar-refractivity contribution is 0.427. The van der Waals surface area contributed by atoms with Gasteiger partial charge >= 0.3 is 0 Å². The molecule has 2 N–H and O–H groups in total. The minimum Gasteiger partial charge on any atom is -0.398 e. The van der Waals surface area contributed by atoms with E-state index in [0.717, 1.165) is 12.0 Å². The second kappa shape index (κ2) is 5.51. The first-order valence-electron chi connectivity index (χ1n) is 5.79. The Kier molecular flexibility index (Phi) is 4.54. The molecule has 0 aliphatic carbocycles. The maximum absolute atomic E-state index is 12.3. The molecule has 4 nitrogen and oxygen atoms in total. The van der Waals surface area contributed by atoms with Gasteiger partial charge in [0.25, 0.3) is 0 Å². The number of hydrogen-bond donors (Lipinski definition) is 1. The number of nitrogens with two attached hydrogens (primary N) is 1. The molecule has 0 saturated heterocycles. The molecule has 0 radical (unpaired) electrons. The van der Waals surface area contributed by atoms with Crippen LogP contribution in [0, 0.1) is 6.92 Å². The molecule has 0 bridgehead atoms. The molecule has 0 saturated carbocycles. The number of aryl methyl sites for hydroxylation is 1. The molecule has 0 fully saturated rings. The molecule has 0 aliphatic rings. The van der Waals surface area contributed by atoms with E-state index in [2.05, 4.69) is 0 Å². The van der Waals surface area contributed by atoms with Crippen LogP contribution < -0.4 is 5.73 Å². The standard InChI is InChI=1S/C12H20N2O2S/c1-4-8-14(5-2)17(15,16)12-7-6-10(3)9-11(12)13/h6-7,9H,4-5,8,13H2,1-3H3. The number of hydrogen-bond acceptors (Lipinski definition) is 3. The van der Waals surface area contributed by atoms with Crippen molar-refractivity contribution >= 4 is 15.7 Å². The molecule has 0 unspecified atom stereocenters. The van der Waals surface area contributed by atoms with E-state index in [9.17, 15) is 8.42 Å². The average Bonchev–Trinajstić information content (AvgIpc) is 2.24.